The number of fused-ring (bicyclic) bond motifs is 3. The van der Waals surface area contributed by atoms with Gasteiger partial charge in [0.25, 0.3) is 0 Å². The lowest BCUT2D eigenvalue weighted by molar-refractivity contribution is -0.258. The number of halogens is 3. The lowest BCUT2D eigenvalue weighted by Gasteiger charge is -2.52. The van der Waals surface area contributed by atoms with Gasteiger partial charge in [0.2, 0.25) is 5.91 Å². The van der Waals surface area contributed by atoms with E-state index in [1.54, 1.807) is 0 Å². The number of rotatable bonds is 4. The van der Waals surface area contributed by atoms with E-state index < -0.39 is 17.0 Å². The van der Waals surface area contributed by atoms with Crippen molar-refractivity contribution in [2.24, 2.45) is 10.8 Å². The molecule has 0 aromatic carbocycles. The molecule has 0 radical (unpaired) electrons. The Morgan fingerprint density at radius 1 is 1.17 bits per heavy atom. The van der Waals surface area contributed by atoms with Gasteiger partial charge in [-0.05, 0) is 57.6 Å². The van der Waals surface area contributed by atoms with Gasteiger partial charge in [-0.15, -0.1) is 0 Å². The van der Waals surface area contributed by atoms with Crippen LogP contribution in [-0.4, -0.2) is 23.6 Å². The van der Waals surface area contributed by atoms with E-state index in [1.807, 2.05) is 25.1 Å². The van der Waals surface area contributed by atoms with Crippen LogP contribution in [0, 0.1) is 17.8 Å². The molecule has 0 aliphatic heterocycles. The van der Waals surface area contributed by atoms with Gasteiger partial charge >= 0.3 is 6.18 Å². The van der Waals surface area contributed by atoms with E-state index in [9.17, 15) is 18.0 Å². The van der Waals surface area contributed by atoms with Crippen LogP contribution in [-0.2, 0) is 11.2 Å². The first-order valence-electron chi connectivity index (χ1n) is 8.54. The minimum Gasteiger partial charge on any atom is -0.355 e. The Labute approximate surface area is 140 Å². The van der Waals surface area contributed by atoms with E-state index in [0.717, 1.165) is 11.4 Å². The SMILES string of the molecule is Cc1cccc(CCNC(=O)C23CCC(C(F)(F)F)(CC2)CC3)n1. The van der Waals surface area contributed by atoms with E-state index in [0.29, 0.717) is 32.2 Å². The highest BCUT2D eigenvalue weighted by Crippen LogP contribution is 2.62. The number of amides is 1. The number of carbonyl (C=O) groups is 1. The summed E-state index contributed by atoms with van der Waals surface area (Å²) in [6.07, 6.45) is -2.21. The third kappa shape index (κ3) is 3.03. The largest absolute Gasteiger partial charge is 0.394 e. The highest BCUT2D eigenvalue weighted by molar-refractivity contribution is 5.83. The molecule has 1 amide bonds. The summed E-state index contributed by atoms with van der Waals surface area (Å²) in [7, 11) is 0. The Balaban J connectivity index is 1.55. The van der Waals surface area contributed by atoms with Crippen LogP contribution in [0.25, 0.3) is 0 Å². The second kappa shape index (κ2) is 6.05. The Bertz CT molecular complexity index is 602. The molecule has 3 fully saturated rings. The highest BCUT2D eigenvalue weighted by atomic mass is 19.4. The molecule has 3 aliphatic rings. The minimum atomic E-state index is -4.15. The molecule has 4 rings (SSSR count). The molecular weight excluding hydrogens is 317 g/mol. The first-order valence-corrected chi connectivity index (χ1v) is 8.54. The summed E-state index contributed by atoms with van der Waals surface area (Å²) >= 11 is 0. The number of aryl methyl sites for hydroxylation is 1. The van der Waals surface area contributed by atoms with Gasteiger partial charge < -0.3 is 5.32 Å². The van der Waals surface area contributed by atoms with Crippen LogP contribution >= 0.6 is 0 Å². The zero-order valence-corrected chi connectivity index (χ0v) is 13.9. The van der Waals surface area contributed by atoms with Gasteiger partial charge in [0.05, 0.1) is 5.41 Å². The Kier molecular flexibility index (Phi) is 4.34. The predicted molar refractivity (Wildman–Crippen MR) is 84.3 cm³/mol. The highest BCUT2D eigenvalue weighted by Gasteiger charge is 2.62. The molecular formula is C18H23F3N2O. The molecule has 0 unspecified atom stereocenters. The van der Waals surface area contributed by atoms with Crippen molar-refractivity contribution in [2.45, 2.75) is 58.0 Å². The normalized spacial score (nSPS) is 29.5. The Hall–Kier alpha value is -1.59. The Morgan fingerprint density at radius 3 is 2.33 bits per heavy atom. The molecule has 0 saturated heterocycles. The number of pyridine rings is 1. The fourth-order valence-corrected chi connectivity index (χ4v) is 4.18. The van der Waals surface area contributed by atoms with Crippen LogP contribution in [0.2, 0.25) is 0 Å². The van der Waals surface area contributed by atoms with Crippen molar-refractivity contribution in [1.29, 1.82) is 0 Å². The van der Waals surface area contributed by atoms with Crippen LogP contribution in [0.3, 0.4) is 0 Å². The van der Waals surface area contributed by atoms with Crippen molar-refractivity contribution >= 4 is 5.91 Å². The standard InChI is InChI=1S/C18H23F3N2O/c1-13-3-2-4-14(23-13)5-12-22-15(24)16-6-9-17(10-7-16,11-8-16)18(19,20)21/h2-4H,5-12H2,1H3,(H,22,24). The van der Waals surface area contributed by atoms with Crippen molar-refractivity contribution < 1.29 is 18.0 Å². The topological polar surface area (TPSA) is 42.0 Å². The molecule has 2 bridgehead atoms. The third-order valence-electron chi connectivity index (χ3n) is 5.94. The van der Waals surface area contributed by atoms with E-state index in [1.165, 1.54) is 0 Å². The molecule has 1 aromatic rings. The van der Waals surface area contributed by atoms with Gasteiger partial charge in [-0.3, -0.25) is 9.78 Å². The summed E-state index contributed by atoms with van der Waals surface area (Å²) in [5.74, 6) is -0.0781. The first-order chi connectivity index (χ1) is 11.3. The molecule has 132 valence electrons. The number of aromatic nitrogens is 1. The lowest BCUT2D eigenvalue weighted by atomic mass is 9.53. The number of nitrogens with zero attached hydrogens (tertiary/aromatic N) is 1. The van der Waals surface area contributed by atoms with Crippen molar-refractivity contribution in [3.63, 3.8) is 0 Å². The fourth-order valence-electron chi connectivity index (χ4n) is 4.18. The van der Waals surface area contributed by atoms with Gasteiger partial charge in [-0.2, -0.15) is 13.2 Å². The van der Waals surface area contributed by atoms with Crippen molar-refractivity contribution in [2.75, 3.05) is 6.54 Å². The first kappa shape index (κ1) is 17.2. The zero-order chi connectivity index (χ0) is 17.4. The number of nitrogens with one attached hydrogen (secondary N) is 1. The van der Waals surface area contributed by atoms with Crippen LogP contribution in [0.15, 0.2) is 18.2 Å². The molecule has 6 heteroatoms. The second-order valence-electron chi connectivity index (χ2n) is 7.33. The maximum Gasteiger partial charge on any atom is 0.394 e. The van der Waals surface area contributed by atoms with Crippen LogP contribution in [0.1, 0.15) is 49.9 Å². The lowest BCUT2D eigenvalue weighted by Crippen LogP contribution is -2.54. The summed E-state index contributed by atoms with van der Waals surface area (Å²) in [5, 5.41) is 2.93. The maximum atomic E-state index is 13.3. The predicted octanol–water partition coefficient (Wildman–Crippen LogP) is 3.95. The molecule has 24 heavy (non-hydrogen) atoms. The molecule has 3 aliphatic carbocycles. The molecule has 3 nitrogen and oxygen atoms in total. The minimum absolute atomic E-state index is 0.0781. The van der Waals surface area contributed by atoms with Crippen LogP contribution in [0.5, 0.6) is 0 Å². The van der Waals surface area contributed by atoms with Gasteiger partial charge in [-0.1, -0.05) is 6.07 Å². The second-order valence-corrected chi connectivity index (χ2v) is 7.33. The summed E-state index contributed by atoms with van der Waals surface area (Å²) in [5.41, 5.74) is -0.287. The van der Waals surface area contributed by atoms with Gasteiger partial charge in [0.15, 0.2) is 0 Å². The molecule has 1 N–H and O–H groups in total. The molecule has 0 spiro atoms. The maximum absolute atomic E-state index is 13.3. The summed E-state index contributed by atoms with van der Waals surface area (Å²) in [6, 6.07) is 5.76. The van der Waals surface area contributed by atoms with E-state index in [2.05, 4.69) is 10.3 Å². The average Bonchev–Trinajstić information content (AvgIpc) is 2.55. The molecule has 0 atom stereocenters. The van der Waals surface area contributed by atoms with E-state index in [-0.39, 0.29) is 25.2 Å². The number of carbonyl (C=O) groups excluding carboxylic acids is 1. The van der Waals surface area contributed by atoms with Crippen molar-refractivity contribution in [1.82, 2.24) is 10.3 Å². The fraction of sp³-hybridized carbons (Fsp3) is 0.667. The Morgan fingerprint density at radius 2 is 1.79 bits per heavy atom. The molecule has 1 heterocycles. The van der Waals surface area contributed by atoms with Crippen molar-refractivity contribution in [3.8, 4) is 0 Å². The number of hydrogen-bond acceptors (Lipinski definition) is 2. The average molecular weight is 340 g/mol. The van der Waals surface area contributed by atoms with Crippen molar-refractivity contribution in [3.05, 3.63) is 29.6 Å². The molecule has 3 saturated carbocycles. The quantitative estimate of drug-likeness (QED) is 0.902. The van der Waals surface area contributed by atoms with Gasteiger partial charge in [0, 0.05) is 29.8 Å². The van der Waals surface area contributed by atoms with E-state index in [4.69, 9.17) is 0 Å². The van der Waals surface area contributed by atoms with Crippen LogP contribution < -0.4 is 5.32 Å². The summed E-state index contributed by atoms with van der Waals surface area (Å²) in [6.45, 7) is 2.39. The number of hydrogen-bond donors (Lipinski definition) is 1. The summed E-state index contributed by atoms with van der Waals surface area (Å²) < 4.78 is 39.8. The number of alkyl halides is 3. The van der Waals surface area contributed by atoms with Gasteiger partial charge in [-0.25, -0.2) is 0 Å². The zero-order valence-electron chi connectivity index (χ0n) is 13.9. The van der Waals surface area contributed by atoms with E-state index >= 15 is 0 Å². The smallest absolute Gasteiger partial charge is 0.355 e. The summed E-state index contributed by atoms with van der Waals surface area (Å²) in [4.78, 5) is 17.0. The monoisotopic (exact) mass is 340 g/mol. The van der Waals surface area contributed by atoms with Gasteiger partial charge in [0.1, 0.15) is 0 Å². The third-order valence-corrected chi connectivity index (χ3v) is 5.94. The van der Waals surface area contributed by atoms with Crippen LogP contribution in [0.4, 0.5) is 13.2 Å². The molecule has 1 aromatic heterocycles.